The number of methoxy groups -OCH3 is 1. The fourth-order valence-corrected chi connectivity index (χ4v) is 3.00. The predicted molar refractivity (Wildman–Crippen MR) is 109 cm³/mol. The van der Waals surface area contributed by atoms with Gasteiger partial charge in [0.05, 0.1) is 12.6 Å². The first-order chi connectivity index (χ1) is 13.9. The van der Waals surface area contributed by atoms with E-state index in [4.69, 9.17) is 14.6 Å². The van der Waals surface area contributed by atoms with Gasteiger partial charge in [-0.2, -0.15) is 0 Å². The van der Waals surface area contributed by atoms with Gasteiger partial charge in [-0.25, -0.2) is 4.79 Å². The standard InChI is InChI=1S/C22H19NO6/c1-23-17-9-4-3-8-16(17)21(28-2)20(22(23)27)18(24)11-10-14-6-5-7-15(12-14)29-13-19(25)26/h3-12H,13H2,1-2H3,(H,25,26)/b11-10+. The van der Waals surface area contributed by atoms with E-state index in [1.165, 1.54) is 23.8 Å². The van der Waals surface area contributed by atoms with E-state index in [9.17, 15) is 14.4 Å². The van der Waals surface area contributed by atoms with E-state index < -0.39 is 23.9 Å². The number of benzene rings is 2. The number of rotatable bonds is 7. The van der Waals surface area contributed by atoms with Gasteiger partial charge in [-0.05, 0) is 35.9 Å². The number of fused-ring (bicyclic) bond motifs is 1. The quantitative estimate of drug-likeness (QED) is 0.490. The van der Waals surface area contributed by atoms with Crippen molar-refractivity contribution in [2.45, 2.75) is 0 Å². The van der Waals surface area contributed by atoms with Crippen molar-refractivity contribution in [3.8, 4) is 11.5 Å². The number of aliphatic carboxylic acids is 1. The summed E-state index contributed by atoms with van der Waals surface area (Å²) in [5.74, 6) is -0.983. The molecule has 1 aromatic heterocycles. The van der Waals surface area contributed by atoms with Crippen molar-refractivity contribution in [1.29, 1.82) is 0 Å². The second-order valence-electron chi connectivity index (χ2n) is 6.24. The largest absolute Gasteiger partial charge is 0.495 e. The Morgan fingerprint density at radius 1 is 1.14 bits per heavy atom. The Kier molecular flexibility index (Phi) is 5.78. The first-order valence-electron chi connectivity index (χ1n) is 8.75. The Morgan fingerprint density at radius 2 is 1.90 bits per heavy atom. The van der Waals surface area contributed by atoms with Gasteiger partial charge in [0.25, 0.3) is 5.56 Å². The second kappa shape index (κ2) is 8.43. The number of carbonyl (C=O) groups excluding carboxylic acids is 1. The Balaban J connectivity index is 1.97. The summed E-state index contributed by atoms with van der Waals surface area (Å²) in [6.07, 6.45) is 2.81. The van der Waals surface area contributed by atoms with Crippen molar-refractivity contribution >= 4 is 28.7 Å². The molecule has 3 rings (SSSR count). The van der Waals surface area contributed by atoms with E-state index in [1.54, 1.807) is 43.4 Å². The molecule has 0 radical (unpaired) electrons. The minimum absolute atomic E-state index is 0.0526. The van der Waals surface area contributed by atoms with Crippen LogP contribution in [0.25, 0.3) is 17.0 Å². The third-order valence-electron chi connectivity index (χ3n) is 4.35. The highest BCUT2D eigenvalue weighted by atomic mass is 16.5. The van der Waals surface area contributed by atoms with Crippen molar-refractivity contribution in [3.63, 3.8) is 0 Å². The van der Waals surface area contributed by atoms with Gasteiger partial charge in [0.2, 0.25) is 0 Å². The van der Waals surface area contributed by atoms with Crippen LogP contribution in [-0.2, 0) is 11.8 Å². The SMILES string of the molecule is COc1c(C(=O)/C=C/c2cccc(OCC(=O)O)c2)c(=O)n(C)c2ccccc12. The van der Waals surface area contributed by atoms with Crippen LogP contribution in [0.1, 0.15) is 15.9 Å². The first kappa shape index (κ1) is 19.9. The van der Waals surface area contributed by atoms with Crippen molar-refractivity contribution in [1.82, 2.24) is 4.57 Å². The fraction of sp³-hybridized carbons (Fsp3) is 0.136. The highest BCUT2D eigenvalue weighted by Crippen LogP contribution is 2.27. The lowest BCUT2D eigenvalue weighted by atomic mass is 10.1. The molecule has 2 aromatic carbocycles. The van der Waals surface area contributed by atoms with Gasteiger partial charge in [-0.15, -0.1) is 0 Å². The highest BCUT2D eigenvalue weighted by molar-refractivity contribution is 6.11. The van der Waals surface area contributed by atoms with Gasteiger partial charge >= 0.3 is 5.97 Å². The molecular weight excluding hydrogens is 374 g/mol. The smallest absolute Gasteiger partial charge is 0.341 e. The van der Waals surface area contributed by atoms with E-state index in [0.29, 0.717) is 22.2 Å². The average Bonchev–Trinajstić information content (AvgIpc) is 2.73. The Morgan fingerprint density at radius 3 is 2.62 bits per heavy atom. The van der Waals surface area contributed by atoms with Crippen molar-refractivity contribution in [2.24, 2.45) is 7.05 Å². The molecule has 29 heavy (non-hydrogen) atoms. The zero-order valence-corrected chi connectivity index (χ0v) is 15.9. The molecule has 0 atom stereocenters. The van der Waals surface area contributed by atoms with E-state index in [0.717, 1.165) is 0 Å². The molecule has 0 saturated carbocycles. The number of aromatic nitrogens is 1. The summed E-state index contributed by atoms with van der Waals surface area (Å²) in [5, 5.41) is 9.36. The lowest BCUT2D eigenvalue weighted by Crippen LogP contribution is -2.25. The maximum Gasteiger partial charge on any atom is 0.341 e. The van der Waals surface area contributed by atoms with Crippen molar-refractivity contribution in [3.05, 3.63) is 76.1 Å². The predicted octanol–water partition coefficient (Wildman–Crippen LogP) is 2.91. The minimum atomic E-state index is -1.08. The molecular formula is C22H19NO6. The number of hydrogen-bond acceptors (Lipinski definition) is 5. The zero-order valence-electron chi connectivity index (χ0n) is 15.9. The normalized spacial score (nSPS) is 11.0. The molecule has 0 aliphatic rings. The number of ketones is 1. The molecule has 1 N–H and O–H groups in total. The van der Waals surface area contributed by atoms with Gasteiger partial charge in [0.15, 0.2) is 12.4 Å². The topological polar surface area (TPSA) is 94.8 Å². The van der Waals surface area contributed by atoms with Crippen LogP contribution in [0.4, 0.5) is 0 Å². The number of allylic oxidation sites excluding steroid dienone is 1. The number of ether oxygens (including phenoxy) is 2. The lowest BCUT2D eigenvalue weighted by molar-refractivity contribution is -0.139. The molecule has 0 spiro atoms. The van der Waals surface area contributed by atoms with Gasteiger partial charge in [-0.1, -0.05) is 30.3 Å². The molecule has 0 aliphatic heterocycles. The lowest BCUT2D eigenvalue weighted by Gasteiger charge is -2.13. The number of carbonyl (C=O) groups is 2. The summed E-state index contributed by atoms with van der Waals surface area (Å²) in [7, 11) is 3.03. The van der Waals surface area contributed by atoms with Crippen molar-refractivity contribution < 1.29 is 24.2 Å². The molecule has 0 bridgehead atoms. The number of pyridine rings is 1. The van der Waals surface area contributed by atoms with Gasteiger partial charge in [0, 0.05) is 12.4 Å². The number of carboxylic acid groups (broad SMARTS) is 1. The summed E-state index contributed by atoms with van der Waals surface area (Å²) in [5.41, 5.74) is 0.785. The number of hydrogen-bond donors (Lipinski definition) is 1. The van der Waals surface area contributed by atoms with Crippen LogP contribution in [0, 0.1) is 0 Å². The van der Waals surface area contributed by atoms with Crippen LogP contribution < -0.4 is 15.0 Å². The molecule has 0 unspecified atom stereocenters. The number of para-hydroxylation sites is 1. The maximum absolute atomic E-state index is 12.8. The molecule has 148 valence electrons. The summed E-state index contributed by atoms with van der Waals surface area (Å²) < 4.78 is 11.9. The Hall–Kier alpha value is -3.87. The van der Waals surface area contributed by atoms with Crippen LogP contribution in [0.3, 0.4) is 0 Å². The van der Waals surface area contributed by atoms with E-state index in [-0.39, 0.29) is 11.3 Å². The van der Waals surface area contributed by atoms with E-state index in [1.807, 2.05) is 12.1 Å². The van der Waals surface area contributed by atoms with E-state index >= 15 is 0 Å². The fourth-order valence-electron chi connectivity index (χ4n) is 3.00. The molecule has 0 aliphatic carbocycles. The number of nitrogens with zero attached hydrogens (tertiary/aromatic N) is 1. The highest BCUT2D eigenvalue weighted by Gasteiger charge is 2.20. The van der Waals surface area contributed by atoms with Crippen LogP contribution in [0.5, 0.6) is 11.5 Å². The number of aryl methyl sites for hydroxylation is 1. The summed E-state index contributed by atoms with van der Waals surface area (Å²) >= 11 is 0. The van der Waals surface area contributed by atoms with Crippen LogP contribution in [0.15, 0.2) is 59.4 Å². The first-order valence-corrected chi connectivity index (χ1v) is 8.75. The molecule has 1 heterocycles. The Bertz CT molecular complexity index is 1180. The Labute approximate surface area is 166 Å². The van der Waals surface area contributed by atoms with Crippen LogP contribution in [0.2, 0.25) is 0 Å². The summed E-state index contributed by atoms with van der Waals surface area (Å²) in [6.45, 7) is -0.462. The van der Waals surface area contributed by atoms with Crippen LogP contribution >= 0.6 is 0 Å². The molecule has 3 aromatic rings. The van der Waals surface area contributed by atoms with Gasteiger partial charge in [-0.3, -0.25) is 9.59 Å². The van der Waals surface area contributed by atoms with Crippen molar-refractivity contribution in [2.75, 3.05) is 13.7 Å². The minimum Gasteiger partial charge on any atom is -0.495 e. The van der Waals surface area contributed by atoms with E-state index in [2.05, 4.69) is 0 Å². The van der Waals surface area contributed by atoms with Gasteiger partial charge < -0.3 is 19.1 Å². The summed E-state index contributed by atoms with van der Waals surface area (Å²) in [6, 6.07) is 13.8. The maximum atomic E-state index is 12.8. The molecule has 0 saturated heterocycles. The van der Waals surface area contributed by atoms with Crippen LogP contribution in [-0.4, -0.2) is 35.1 Å². The zero-order chi connectivity index (χ0) is 21.0. The van der Waals surface area contributed by atoms with Gasteiger partial charge in [0.1, 0.15) is 17.1 Å². The summed E-state index contributed by atoms with van der Waals surface area (Å²) in [4.78, 5) is 36.2. The number of carboxylic acids is 1. The monoisotopic (exact) mass is 393 g/mol. The molecule has 7 heteroatoms. The average molecular weight is 393 g/mol. The second-order valence-corrected chi connectivity index (χ2v) is 6.24. The molecule has 7 nitrogen and oxygen atoms in total. The molecule has 0 fully saturated rings. The third kappa shape index (κ3) is 4.19. The third-order valence-corrected chi connectivity index (χ3v) is 4.35. The molecule has 0 amide bonds.